The first kappa shape index (κ1) is 26.6. The number of carboxylic acid groups (broad SMARTS) is 1. The third-order valence-electron chi connectivity index (χ3n) is 5.98. The van der Waals surface area contributed by atoms with Gasteiger partial charge in [-0.1, -0.05) is 6.07 Å². The first-order chi connectivity index (χ1) is 16.7. The Morgan fingerprint density at radius 2 is 1.89 bits per heavy atom. The van der Waals surface area contributed by atoms with E-state index in [4.69, 9.17) is 14.5 Å². The van der Waals surface area contributed by atoms with E-state index in [1.807, 2.05) is 24.3 Å². The minimum Gasteiger partial charge on any atom is -0.480 e. The number of ether oxygens (including phenoxy) is 2. The van der Waals surface area contributed by atoms with Gasteiger partial charge in [-0.25, -0.2) is 4.98 Å². The molecular formula is C25H34N4O6. The largest absolute Gasteiger partial charge is 0.480 e. The van der Waals surface area contributed by atoms with Crippen LogP contribution in [0.1, 0.15) is 24.1 Å². The van der Waals surface area contributed by atoms with Gasteiger partial charge in [0.05, 0.1) is 36.4 Å². The zero-order valence-corrected chi connectivity index (χ0v) is 20.8. The van der Waals surface area contributed by atoms with Crippen molar-refractivity contribution in [2.75, 3.05) is 34.0 Å². The number of imidazole rings is 1. The molecule has 0 radical (unpaired) electrons. The molecule has 3 rings (SSSR count). The Morgan fingerprint density at radius 1 is 1.20 bits per heavy atom. The number of hydrogen-bond donors (Lipinski definition) is 3. The third-order valence-corrected chi connectivity index (χ3v) is 5.98. The summed E-state index contributed by atoms with van der Waals surface area (Å²) < 4.78 is 14.6. The number of aliphatic hydroxyl groups excluding tert-OH is 1. The van der Waals surface area contributed by atoms with Crippen LogP contribution in [-0.2, 0) is 27.7 Å². The van der Waals surface area contributed by atoms with E-state index in [1.165, 1.54) is 6.92 Å². The summed E-state index contributed by atoms with van der Waals surface area (Å²) in [4.78, 5) is 28.5. The zero-order valence-electron chi connectivity index (χ0n) is 20.8. The van der Waals surface area contributed by atoms with Crippen LogP contribution >= 0.6 is 0 Å². The van der Waals surface area contributed by atoms with Gasteiger partial charge >= 0.3 is 5.97 Å². The number of carbonyl (C=O) groups is 1. The lowest BCUT2D eigenvalue weighted by Gasteiger charge is -2.21. The van der Waals surface area contributed by atoms with Crippen molar-refractivity contribution in [1.82, 2.24) is 19.4 Å². The molecule has 2 heterocycles. The van der Waals surface area contributed by atoms with Gasteiger partial charge in [0.2, 0.25) is 0 Å². The number of aromatic nitrogens is 3. The second kappa shape index (κ2) is 11.6. The molecule has 35 heavy (non-hydrogen) atoms. The minimum atomic E-state index is -1.09. The summed E-state index contributed by atoms with van der Waals surface area (Å²) >= 11 is 0. The summed E-state index contributed by atoms with van der Waals surface area (Å²) in [6.45, 7) is 4.45. The zero-order chi connectivity index (χ0) is 25.7. The summed E-state index contributed by atoms with van der Waals surface area (Å²) in [7, 11) is 5.00. The van der Waals surface area contributed by atoms with E-state index in [1.54, 1.807) is 39.0 Å². The highest BCUT2D eigenvalue weighted by Gasteiger charge is 2.23. The van der Waals surface area contributed by atoms with Gasteiger partial charge in [-0.15, -0.1) is 0 Å². The van der Waals surface area contributed by atoms with E-state index in [2.05, 4.69) is 9.88 Å². The number of rotatable bonds is 12. The average Bonchev–Trinajstić information content (AvgIpc) is 3.18. The number of aliphatic hydroxyl groups is 1. The van der Waals surface area contributed by atoms with E-state index >= 15 is 0 Å². The van der Waals surface area contributed by atoms with Crippen LogP contribution in [0.3, 0.4) is 0 Å². The number of fused-ring (bicyclic) bond motifs is 1. The highest BCUT2D eigenvalue weighted by Crippen LogP contribution is 2.29. The van der Waals surface area contributed by atoms with E-state index < -0.39 is 18.1 Å². The fraction of sp³-hybridized carbons (Fsp3) is 0.480. The van der Waals surface area contributed by atoms with Gasteiger partial charge in [-0.05, 0) is 44.0 Å². The van der Waals surface area contributed by atoms with Crippen LogP contribution in [0.5, 0.6) is 0 Å². The van der Waals surface area contributed by atoms with Gasteiger partial charge in [-0.2, -0.15) is 0 Å². The van der Waals surface area contributed by atoms with Gasteiger partial charge in [0.15, 0.2) is 0 Å². The SMILES string of the molecule is COCC(COC)n1c(-c2cc(C)c(=O)n(C)c2)nc2cc(CCN[C@H](C(=O)O)[C@@H](C)O)ccc21. The highest BCUT2D eigenvalue weighted by atomic mass is 16.5. The molecule has 3 N–H and O–H groups in total. The quantitative estimate of drug-likeness (QED) is 0.352. The molecular weight excluding hydrogens is 452 g/mol. The van der Waals surface area contributed by atoms with Gasteiger partial charge in [0, 0.05) is 45.1 Å². The average molecular weight is 487 g/mol. The molecule has 0 saturated heterocycles. The first-order valence-corrected chi connectivity index (χ1v) is 11.5. The van der Waals surface area contributed by atoms with Crippen LogP contribution in [0.15, 0.2) is 35.3 Å². The van der Waals surface area contributed by atoms with Crippen molar-refractivity contribution in [3.05, 3.63) is 51.9 Å². The number of methoxy groups -OCH3 is 2. The maximum atomic E-state index is 12.3. The molecule has 0 unspecified atom stereocenters. The standard InChI is InChI=1S/C25H34N4O6/c1-15-10-18(12-28(3)24(15)31)23-27-20-11-17(8-9-26-22(16(2)30)25(32)33)6-7-21(20)29(23)19(13-34-4)14-35-5/h6-7,10-12,16,19,22,26,30H,8-9,13-14H2,1-5H3,(H,32,33)/t16-,22+/m1/s1. The Bertz CT molecular complexity index is 1200. The summed E-state index contributed by atoms with van der Waals surface area (Å²) in [6.07, 6.45) is 1.33. The molecule has 0 bridgehead atoms. The summed E-state index contributed by atoms with van der Waals surface area (Å²) in [5.74, 6) is -0.387. The maximum Gasteiger partial charge on any atom is 0.323 e. The van der Waals surface area contributed by atoms with Crippen molar-refractivity contribution >= 4 is 17.0 Å². The smallest absolute Gasteiger partial charge is 0.323 e. The lowest BCUT2D eigenvalue weighted by atomic mass is 10.1. The number of nitrogens with zero attached hydrogens (tertiary/aromatic N) is 3. The van der Waals surface area contributed by atoms with E-state index in [0.29, 0.717) is 37.6 Å². The topological polar surface area (TPSA) is 128 Å². The molecule has 0 aliphatic heterocycles. The number of benzene rings is 1. The maximum absolute atomic E-state index is 12.3. The second-order valence-electron chi connectivity index (χ2n) is 8.78. The van der Waals surface area contributed by atoms with Crippen LogP contribution < -0.4 is 10.9 Å². The number of pyridine rings is 1. The van der Waals surface area contributed by atoms with Crippen LogP contribution in [0.25, 0.3) is 22.4 Å². The van der Waals surface area contributed by atoms with E-state index in [0.717, 1.165) is 22.2 Å². The van der Waals surface area contributed by atoms with Crippen molar-refractivity contribution in [2.45, 2.75) is 38.5 Å². The monoisotopic (exact) mass is 486 g/mol. The molecule has 2 aromatic heterocycles. The Balaban J connectivity index is 2.03. The van der Waals surface area contributed by atoms with Crippen LogP contribution in [0, 0.1) is 6.92 Å². The molecule has 0 amide bonds. The molecule has 190 valence electrons. The van der Waals surface area contributed by atoms with Crippen LogP contribution in [0.2, 0.25) is 0 Å². The number of aliphatic carboxylic acids is 1. The predicted molar refractivity (Wildman–Crippen MR) is 133 cm³/mol. The van der Waals surface area contributed by atoms with Crippen molar-refractivity contribution in [3.8, 4) is 11.4 Å². The first-order valence-electron chi connectivity index (χ1n) is 11.5. The fourth-order valence-electron chi connectivity index (χ4n) is 4.29. The highest BCUT2D eigenvalue weighted by molar-refractivity contribution is 5.81. The molecule has 0 fully saturated rings. The van der Waals surface area contributed by atoms with Crippen molar-refractivity contribution < 1.29 is 24.5 Å². The fourth-order valence-corrected chi connectivity index (χ4v) is 4.29. The van der Waals surface area contributed by atoms with E-state index in [-0.39, 0.29) is 11.6 Å². The lowest BCUT2D eigenvalue weighted by Crippen LogP contribution is -2.45. The van der Waals surface area contributed by atoms with Crippen LogP contribution in [0.4, 0.5) is 0 Å². The van der Waals surface area contributed by atoms with Gasteiger partial charge in [-0.3, -0.25) is 9.59 Å². The second-order valence-corrected chi connectivity index (χ2v) is 8.78. The molecule has 2 atom stereocenters. The van der Waals surface area contributed by atoms with Crippen LogP contribution in [-0.4, -0.2) is 76.4 Å². The number of aryl methyl sites for hydroxylation is 2. The lowest BCUT2D eigenvalue weighted by molar-refractivity contribution is -0.142. The van der Waals surface area contributed by atoms with Gasteiger partial charge in [0.1, 0.15) is 11.9 Å². The molecule has 0 saturated carbocycles. The molecule has 0 spiro atoms. The molecule has 0 aliphatic carbocycles. The number of nitrogens with one attached hydrogen (secondary N) is 1. The van der Waals surface area contributed by atoms with Crippen molar-refractivity contribution in [1.29, 1.82) is 0 Å². The van der Waals surface area contributed by atoms with Crippen molar-refractivity contribution in [2.24, 2.45) is 7.05 Å². The molecule has 3 aromatic rings. The Kier molecular flexibility index (Phi) is 8.79. The normalized spacial score (nSPS) is 13.5. The molecule has 1 aromatic carbocycles. The van der Waals surface area contributed by atoms with Gasteiger partial charge in [0.25, 0.3) is 5.56 Å². The summed E-state index contributed by atoms with van der Waals surface area (Å²) in [6, 6.07) is 6.60. The molecule has 0 aliphatic rings. The number of hydrogen-bond acceptors (Lipinski definition) is 7. The van der Waals surface area contributed by atoms with Gasteiger partial charge < -0.3 is 34.1 Å². The summed E-state index contributed by atoms with van der Waals surface area (Å²) in [5, 5.41) is 21.8. The molecule has 10 heteroatoms. The Labute approximate surface area is 204 Å². The number of carboxylic acids is 1. The predicted octanol–water partition coefficient (Wildman–Crippen LogP) is 1.51. The minimum absolute atomic E-state index is 0.0617. The van der Waals surface area contributed by atoms with E-state index in [9.17, 15) is 19.8 Å². The Hall–Kier alpha value is -3.05. The third kappa shape index (κ3) is 5.96. The van der Waals surface area contributed by atoms with Crippen molar-refractivity contribution in [3.63, 3.8) is 0 Å². The summed E-state index contributed by atoms with van der Waals surface area (Å²) in [5.41, 5.74) is 4.01. The Morgan fingerprint density at radius 3 is 2.46 bits per heavy atom. The molecule has 10 nitrogen and oxygen atoms in total.